The summed E-state index contributed by atoms with van der Waals surface area (Å²) >= 11 is 6.93. The topological polar surface area (TPSA) is 101 Å². The van der Waals surface area contributed by atoms with Gasteiger partial charge in [0.2, 0.25) is 11.0 Å². The molecule has 0 radical (unpaired) electrons. The van der Waals surface area contributed by atoms with Crippen LogP contribution in [0.1, 0.15) is 10.4 Å². The Morgan fingerprint density at radius 1 is 1.12 bits per heavy atom. The summed E-state index contributed by atoms with van der Waals surface area (Å²) in [6, 6.07) is 12.2. The van der Waals surface area contributed by atoms with Gasteiger partial charge in [-0.3, -0.25) is 19.2 Å². The van der Waals surface area contributed by atoms with E-state index in [0.29, 0.717) is 15.5 Å². The van der Waals surface area contributed by atoms with E-state index in [9.17, 15) is 19.2 Å². The Kier molecular flexibility index (Phi) is 5.11. The van der Waals surface area contributed by atoms with Gasteiger partial charge in [-0.1, -0.05) is 41.9 Å². The van der Waals surface area contributed by atoms with Gasteiger partial charge in [0.05, 0.1) is 0 Å². The minimum absolute atomic E-state index is 0.177. The molecule has 0 bridgehead atoms. The van der Waals surface area contributed by atoms with Crippen molar-refractivity contribution in [2.45, 2.75) is 4.90 Å². The standard InChI is InChI=1S/C18H12ClNO5S/c19-10-6-11(9-4-2-1-3-5-9)16-12(7-10)15(23)14(18(25)26-16)17(24)20-8-13(21)22/h1-7,14H,8H2,(H,20,24)(H,21,22). The normalized spacial score (nSPS) is 16.1. The molecular weight excluding hydrogens is 378 g/mol. The SMILES string of the molecule is O=C(O)CNC(=O)C1C(=O)Sc2c(cc(Cl)cc2-c2ccccc2)C1=O. The second-order valence-corrected chi connectivity index (χ2v) is 6.98. The van der Waals surface area contributed by atoms with Gasteiger partial charge in [0.15, 0.2) is 11.7 Å². The van der Waals surface area contributed by atoms with Gasteiger partial charge in [0.1, 0.15) is 6.54 Å². The number of amides is 1. The lowest BCUT2D eigenvalue weighted by molar-refractivity contribution is -0.139. The van der Waals surface area contributed by atoms with Gasteiger partial charge in [0, 0.05) is 15.5 Å². The van der Waals surface area contributed by atoms with Gasteiger partial charge in [-0.2, -0.15) is 0 Å². The van der Waals surface area contributed by atoms with Crippen LogP contribution in [0.4, 0.5) is 0 Å². The number of rotatable bonds is 4. The smallest absolute Gasteiger partial charge is 0.322 e. The molecule has 26 heavy (non-hydrogen) atoms. The first-order chi connectivity index (χ1) is 12.4. The van der Waals surface area contributed by atoms with E-state index in [0.717, 1.165) is 17.3 Å². The van der Waals surface area contributed by atoms with Crippen molar-refractivity contribution < 1.29 is 24.3 Å². The van der Waals surface area contributed by atoms with E-state index in [2.05, 4.69) is 5.32 Å². The van der Waals surface area contributed by atoms with Gasteiger partial charge < -0.3 is 10.4 Å². The molecule has 1 unspecified atom stereocenters. The Morgan fingerprint density at radius 3 is 2.42 bits per heavy atom. The van der Waals surface area contributed by atoms with Crippen LogP contribution in [0.3, 0.4) is 0 Å². The van der Waals surface area contributed by atoms with E-state index in [4.69, 9.17) is 16.7 Å². The number of halogens is 1. The highest BCUT2D eigenvalue weighted by Crippen LogP contribution is 2.42. The fourth-order valence-electron chi connectivity index (χ4n) is 2.63. The third kappa shape index (κ3) is 3.49. The number of hydrogen-bond acceptors (Lipinski definition) is 5. The molecule has 3 rings (SSSR count). The van der Waals surface area contributed by atoms with Crippen molar-refractivity contribution in [3.63, 3.8) is 0 Å². The lowest BCUT2D eigenvalue weighted by Crippen LogP contribution is -2.43. The fourth-order valence-corrected chi connectivity index (χ4v) is 3.94. The molecule has 1 heterocycles. The van der Waals surface area contributed by atoms with Crippen molar-refractivity contribution in [1.82, 2.24) is 5.32 Å². The molecule has 0 aromatic heterocycles. The molecule has 1 amide bonds. The van der Waals surface area contributed by atoms with E-state index in [-0.39, 0.29) is 5.56 Å². The summed E-state index contributed by atoms with van der Waals surface area (Å²) in [4.78, 5) is 48.3. The third-order valence-electron chi connectivity index (χ3n) is 3.78. The Bertz CT molecular complexity index is 929. The number of carbonyl (C=O) groups is 4. The first kappa shape index (κ1) is 18.2. The number of ketones is 1. The Hall–Kier alpha value is -2.64. The number of hydrogen-bond donors (Lipinski definition) is 2. The number of carbonyl (C=O) groups excluding carboxylic acids is 3. The zero-order valence-corrected chi connectivity index (χ0v) is 14.8. The maximum Gasteiger partial charge on any atom is 0.322 e. The van der Waals surface area contributed by atoms with Crippen LogP contribution >= 0.6 is 23.4 Å². The predicted octanol–water partition coefficient (Wildman–Crippen LogP) is 2.64. The second kappa shape index (κ2) is 7.31. The fraction of sp³-hybridized carbons (Fsp3) is 0.111. The summed E-state index contributed by atoms with van der Waals surface area (Å²) < 4.78 is 0. The highest BCUT2D eigenvalue weighted by molar-refractivity contribution is 8.14. The first-order valence-electron chi connectivity index (χ1n) is 7.53. The second-order valence-electron chi connectivity index (χ2n) is 5.53. The number of Topliss-reactive ketones (excluding diaryl/α,β-unsaturated/α-hetero) is 1. The highest BCUT2D eigenvalue weighted by Gasteiger charge is 2.41. The molecule has 0 fully saturated rings. The molecule has 2 aromatic carbocycles. The zero-order valence-electron chi connectivity index (χ0n) is 13.2. The average molecular weight is 390 g/mol. The molecule has 8 heteroatoms. The van der Waals surface area contributed by atoms with Gasteiger partial charge >= 0.3 is 5.97 Å². The Labute approximate surface area is 157 Å². The van der Waals surface area contributed by atoms with Crippen molar-refractivity contribution in [2.75, 3.05) is 6.54 Å². The summed E-state index contributed by atoms with van der Waals surface area (Å²) in [5.41, 5.74) is 1.59. The molecule has 0 saturated carbocycles. The maximum absolute atomic E-state index is 12.7. The van der Waals surface area contributed by atoms with Gasteiger partial charge in [-0.15, -0.1) is 0 Å². The molecule has 0 aliphatic carbocycles. The van der Waals surface area contributed by atoms with Gasteiger partial charge in [-0.25, -0.2) is 0 Å². The molecule has 0 spiro atoms. The van der Waals surface area contributed by atoms with E-state index in [1.165, 1.54) is 6.07 Å². The molecule has 1 aliphatic heterocycles. The van der Waals surface area contributed by atoms with Crippen LogP contribution in [0.25, 0.3) is 11.1 Å². The molecule has 1 aliphatic rings. The first-order valence-corrected chi connectivity index (χ1v) is 8.72. The van der Waals surface area contributed by atoms with Crippen molar-refractivity contribution in [3.8, 4) is 11.1 Å². The minimum atomic E-state index is -1.59. The van der Waals surface area contributed by atoms with Gasteiger partial charge in [-0.05, 0) is 35.0 Å². The molecular formula is C18H12ClNO5S. The lowest BCUT2D eigenvalue weighted by atomic mass is 9.93. The molecule has 6 nitrogen and oxygen atoms in total. The molecule has 2 aromatic rings. The van der Waals surface area contributed by atoms with Crippen LogP contribution in [-0.4, -0.2) is 34.4 Å². The van der Waals surface area contributed by atoms with Crippen LogP contribution in [0, 0.1) is 5.92 Å². The zero-order chi connectivity index (χ0) is 18.8. The van der Waals surface area contributed by atoms with E-state index in [1.807, 2.05) is 30.3 Å². The third-order valence-corrected chi connectivity index (χ3v) is 5.08. The Balaban J connectivity index is 2.03. The van der Waals surface area contributed by atoms with Crippen LogP contribution in [0.2, 0.25) is 5.02 Å². The number of carboxylic acids is 1. The summed E-state index contributed by atoms with van der Waals surface area (Å²) in [7, 11) is 0. The van der Waals surface area contributed by atoms with E-state index >= 15 is 0 Å². The maximum atomic E-state index is 12.7. The summed E-state index contributed by atoms with van der Waals surface area (Å²) in [6.07, 6.45) is 0. The molecule has 1 atom stereocenters. The highest BCUT2D eigenvalue weighted by atomic mass is 35.5. The van der Waals surface area contributed by atoms with Crippen molar-refractivity contribution in [1.29, 1.82) is 0 Å². The summed E-state index contributed by atoms with van der Waals surface area (Å²) in [6.45, 7) is -0.668. The monoisotopic (exact) mass is 389 g/mol. The Morgan fingerprint density at radius 2 is 1.77 bits per heavy atom. The van der Waals surface area contributed by atoms with Crippen LogP contribution in [0.15, 0.2) is 47.4 Å². The largest absolute Gasteiger partial charge is 0.480 e. The number of aliphatic carboxylic acids is 1. The number of benzene rings is 2. The van der Waals surface area contributed by atoms with Gasteiger partial charge in [0.25, 0.3) is 0 Å². The average Bonchev–Trinajstić information content (AvgIpc) is 2.61. The van der Waals surface area contributed by atoms with E-state index < -0.39 is 35.2 Å². The van der Waals surface area contributed by atoms with Crippen LogP contribution < -0.4 is 5.32 Å². The van der Waals surface area contributed by atoms with Crippen LogP contribution in [0.5, 0.6) is 0 Å². The number of fused-ring (bicyclic) bond motifs is 1. The summed E-state index contributed by atoms with van der Waals surface area (Å²) in [5, 5.41) is 10.4. The van der Waals surface area contributed by atoms with Crippen molar-refractivity contribution in [2.24, 2.45) is 5.92 Å². The van der Waals surface area contributed by atoms with Crippen molar-refractivity contribution >= 4 is 46.1 Å². The van der Waals surface area contributed by atoms with E-state index in [1.54, 1.807) is 6.07 Å². The molecule has 0 saturated heterocycles. The molecule has 2 N–H and O–H groups in total. The number of carboxylic acid groups (broad SMARTS) is 1. The minimum Gasteiger partial charge on any atom is -0.480 e. The number of nitrogens with one attached hydrogen (secondary N) is 1. The lowest BCUT2D eigenvalue weighted by Gasteiger charge is -2.23. The molecule has 132 valence electrons. The quantitative estimate of drug-likeness (QED) is 0.779. The van der Waals surface area contributed by atoms with Crippen LogP contribution in [-0.2, 0) is 14.4 Å². The van der Waals surface area contributed by atoms with Crippen molar-refractivity contribution in [3.05, 3.63) is 53.1 Å². The number of thioether (sulfide) groups is 1. The predicted molar refractivity (Wildman–Crippen MR) is 96.2 cm³/mol. The summed E-state index contributed by atoms with van der Waals surface area (Å²) in [5.74, 6) is -4.47.